The van der Waals surface area contributed by atoms with E-state index in [1.807, 2.05) is 0 Å². The summed E-state index contributed by atoms with van der Waals surface area (Å²) < 4.78 is 9.57. The minimum Gasteiger partial charge on any atom is -0.378 e. The van der Waals surface area contributed by atoms with Gasteiger partial charge < -0.3 is 10.5 Å². The molecule has 1 aliphatic rings. The first-order chi connectivity index (χ1) is 7.81. The Morgan fingerprint density at radius 3 is 3.19 bits per heavy atom. The van der Waals surface area contributed by atoms with Gasteiger partial charge in [0.05, 0.1) is 16.7 Å². The number of ether oxygens (including phenoxy) is 1. The van der Waals surface area contributed by atoms with Gasteiger partial charge >= 0.3 is 0 Å². The zero-order valence-electron chi connectivity index (χ0n) is 9.69. The summed E-state index contributed by atoms with van der Waals surface area (Å²) in [5.74, 6) is 0. The molecule has 1 aromatic heterocycles. The highest BCUT2D eigenvalue weighted by Crippen LogP contribution is 2.25. The second-order valence-corrected chi connectivity index (χ2v) is 5.04. The number of hydrogen-bond donors (Lipinski definition) is 1. The Morgan fingerprint density at radius 2 is 2.50 bits per heavy atom. The summed E-state index contributed by atoms with van der Waals surface area (Å²) in [6.45, 7) is 3.01. The highest BCUT2D eigenvalue weighted by molar-refractivity contribution is 7.05. The van der Waals surface area contributed by atoms with Crippen molar-refractivity contribution in [2.45, 2.75) is 51.2 Å². The van der Waals surface area contributed by atoms with Gasteiger partial charge in [0.1, 0.15) is 0 Å². The van der Waals surface area contributed by atoms with Crippen molar-refractivity contribution in [3.63, 3.8) is 0 Å². The maximum Gasteiger partial charge on any atom is 0.0800 e. The molecule has 1 aliphatic heterocycles. The SMILES string of the molecule is CCc1nnsc1C(N)CCC1CCCO1. The Kier molecular flexibility index (Phi) is 4.26. The lowest BCUT2D eigenvalue weighted by Gasteiger charge is -2.13. The molecule has 1 fully saturated rings. The number of nitrogens with zero attached hydrogens (tertiary/aromatic N) is 2. The smallest absolute Gasteiger partial charge is 0.0800 e. The number of nitrogens with two attached hydrogens (primary N) is 1. The highest BCUT2D eigenvalue weighted by atomic mass is 32.1. The fourth-order valence-corrected chi connectivity index (χ4v) is 2.88. The van der Waals surface area contributed by atoms with Gasteiger partial charge in [-0.05, 0) is 43.6 Å². The van der Waals surface area contributed by atoms with Crippen LogP contribution in [0.2, 0.25) is 0 Å². The van der Waals surface area contributed by atoms with Crippen molar-refractivity contribution in [1.29, 1.82) is 0 Å². The number of rotatable bonds is 5. The Labute approximate surface area is 100 Å². The summed E-state index contributed by atoms with van der Waals surface area (Å²) in [5, 5.41) is 4.09. The molecule has 0 spiro atoms. The van der Waals surface area contributed by atoms with Crippen LogP contribution in [0.25, 0.3) is 0 Å². The summed E-state index contributed by atoms with van der Waals surface area (Å²) in [5.41, 5.74) is 7.23. The molecule has 2 heterocycles. The monoisotopic (exact) mass is 241 g/mol. The van der Waals surface area contributed by atoms with Gasteiger partial charge in [0.15, 0.2) is 0 Å². The molecule has 5 heteroatoms. The van der Waals surface area contributed by atoms with Crippen LogP contribution in [-0.4, -0.2) is 22.3 Å². The second-order valence-electron chi connectivity index (χ2n) is 4.26. The van der Waals surface area contributed by atoms with Gasteiger partial charge in [0.25, 0.3) is 0 Å². The van der Waals surface area contributed by atoms with Crippen molar-refractivity contribution in [3.05, 3.63) is 10.6 Å². The molecule has 2 atom stereocenters. The first-order valence-electron chi connectivity index (χ1n) is 5.99. The molecule has 2 rings (SSSR count). The predicted octanol–water partition coefficient (Wildman–Crippen LogP) is 2.06. The van der Waals surface area contributed by atoms with Crippen LogP contribution in [0.4, 0.5) is 0 Å². The quantitative estimate of drug-likeness (QED) is 0.857. The molecule has 0 aromatic carbocycles. The van der Waals surface area contributed by atoms with E-state index in [0.29, 0.717) is 6.10 Å². The van der Waals surface area contributed by atoms with Crippen molar-refractivity contribution in [3.8, 4) is 0 Å². The van der Waals surface area contributed by atoms with Gasteiger partial charge in [-0.15, -0.1) is 5.10 Å². The van der Waals surface area contributed by atoms with Crippen LogP contribution in [0, 0.1) is 0 Å². The van der Waals surface area contributed by atoms with Crippen LogP contribution < -0.4 is 5.73 Å². The van der Waals surface area contributed by atoms with E-state index in [1.54, 1.807) is 0 Å². The zero-order chi connectivity index (χ0) is 11.4. The van der Waals surface area contributed by atoms with Crippen molar-refractivity contribution in [2.24, 2.45) is 5.73 Å². The summed E-state index contributed by atoms with van der Waals surface area (Å²) in [6.07, 6.45) is 5.76. The van der Waals surface area contributed by atoms with E-state index in [-0.39, 0.29) is 6.04 Å². The molecule has 1 saturated heterocycles. The molecule has 16 heavy (non-hydrogen) atoms. The van der Waals surface area contributed by atoms with Crippen molar-refractivity contribution in [2.75, 3.05) is 6.61 Å². The fraction of sp³-hybridized carbons (Fsp3) is 0.818. The fourth-order valence-electron chi connectivity index (χ4n) is 2.11. The van der Waals surface area contributed by atoms with Crippen molar-refractivity contribution < 1.29 is 4.74 Å². The summed E-state index contributed by atoms with van der Waals surface area (Å²) in [6, 6.07) is 0.0825. The summed E-state index contributed by atoms with van der Waals surface area (Å²) in [7, 11) is 0. The van der Waals surface area contributed by atoms with Crippen molar-refractivity contribution in [1.82, 2.24) is 9.59 Å². The third kappa shape index (κ3) is 2.78. The van der Waals surface area contributed by atoms with Crippen molar-refractivity contribution >= 4 is 11.5 Å². The molecule has 0 saturated carbocycles. The molecule has 0 aliphatic carbocycles. The first-order valence-corrected chi connectivity index (χ1v) is 6.77. The van der Waals surface area contributed by atoms with E-state index < -0.39 is 0 Å². The Morgan fingerprint density at radius 1 is 1.62 bits per heavy atom. The maximum absolute atomic E-state index is 6.17. The number of aromatic nitrogens is 2. The van der Waals surface area contributed by atoms with E-state index >= 15 is 0 Å². The summed E-state index contributed by atoms with van der Waals surface area (Å²) >= 11 is 1.44. The van der Waals surface area contributed by atoms with Crippen LogP contribution in [0.3, 0.4) is 0 Å². The molecule has 0 amide bonds. The highest BCUT2D eigenvalue weighted by Gasteiger charge is 2.19. The average molecular weight is 241 g/mol. The normalized spacial score (nSPS) is 22.5. The molecular weight excluding hydrogens is 222 g/mol. The maximum atomic E-state index is 6.17. The minimum atomic E-state index is 0.0825. The van der Waals surface area contributed by atoms with Crippen LogP contribution in [-0.2, 0) is 11.2 Å². The van der Waals surface area contributed by atoms with Gasteiger partial charge in [-0.3, -0.25) is 0 Å². The second kappa shape index (κ2) is 5.70. The molecular formula is C11H19N3OS. The van der Waals surface area contributed by atoms with E-state index in [9.17, 15) is 0 Å². The topological polar surface area (TPSA) is 61.0 Å². The third-order valence-corrected chi connectivity index (χ3v) is 3.98. The van der Waals surface area contributed by atoms with E-state index in [2.05, 4.69) is 16.5 Å². The van der Waals surface area contributed by atoms with Gasteiger partial charge in [0, 0.05) is 12.6 Å². The lowest BCUT2D eigenvalue weighted by atomic mass is 10.0. The van der Waals surface area contributed by atoms with Gasteiger partial charge in [-0.2, -0.15) is 0 Å². The van der Waals surface area contributed by atoms with Crippen LogP contribution in [0.1, 0.15) is 49.2 Å². The lowest BCUT2D eigenvalue weighted by molar-refractivity contribution is 0.101. The molecule has 2 unspecified atom stereocenters. The third-order valence-electron chi connectivity index (χ3n) is 3.08. The predicted molar refractivity (Wildman–Crippen MR) is 64.4 cm³/mol. The van der Waals surface area contributed by atoms with Crippen LogP contribution in [0.15, 0.2) is 0 Å². The number of aryl methyl sites for hydroxylation is 1. The average Bonchev–Trinajstić information content (AvgIpc) is 2.96. The molecule has 0 radical (unpaired) electrons. The molecule has 4 nitrogen and oxygen atoms in total. The van der Waals surface area contributed by atoms with E-state index in [1.165, 1.54) is 24.4 Å². The number of hydrogen-bond acceptors (Lipinski definition) is 5. The molecule has 1 aromatic rings. The lowest BCUT2D eigenvalue weighted by Crippen LogP contribution is -2.14. The Balaban J connectivity index is 1.84. The van der Waals surface area contributed by atoms with E-state index in [0.717, 1.165) is 36.4 Å². The Bertz CT molecular complexity index is 323. The first kappa shape index (κ1) is 12.0. The van der Waals surface area contributed by atoms with Gasteiger partial charge in [0.2, 0.25) is 0 Å². The molecule has 2 N–H and O–H groups in total. The molecule has 90 valence electrons. The summed E-state index contributed by atoms with van der Waals surface area (Å²) in [4.78, 5) is 1.15. The van der Waals surface area contributed by atoms with Gasteiger partial charge in [-0.25, -0.2) is 0 Å². The standard InChI is InChI=1S/C11H19N3OS/c1-2-10-11(16-14-13-10)9(12)6-5-8-4-3-7-15-8/h8-9H,2-7,12H2,1H3. The zero-order valence-corrected chi connectivity index (χ0v) is 10.5. The van der Waals surface area contributed by atoms with Crippen LogP contribution in [0.5, 0.6) is 0 Å². The Hall–Kier alpha value is -0.520. The van der Waals surface area contributed by atoms with E-state index in [4.69, 9.17) is 10.5 Å². The van der Waals surface area contributed by atoms with Gasteiger partial charge in [-0.1, -0.05) is 11.4 Å². The molecule has 0 bridgehead atoms. The van der Waals surface area contributed by atoms with Crippen LogP contribution >= 0.6 is 11.5 Å². The minimum absolute atomic E-state index is 0.0825. The largest absolute Gasteiger partial charge is 0.378 e.